The molecule has 7 rings (SSSR count). The second-order valence-corrected chi connectivity index (χ2v) is 11.3. The minimum absolute atomic E-state index is 0.00268. The Labute approximate surface area is 254 Å². The van der Waals surface area contributed by atoms with Crippen LogP contribution < -0.4 is 11.1 Å². The lowest BCUT2D eigenvalue weighted by molar-refractivity contribution is 0.0928. The molecule has 0 saturated heterocycles. The number of hydrogen-bond donors (Lipinski definition) is 2. The van der Waals surface area contributed by atoms with Gasteiger partial charge < -0.3 is 15.5 Å². The number of halogens is 3. The number of carbonyl (C=O) groups is 2. The van der Waals surface area contributed by atoms with Crippen LogP contribution in [-0.4, -0.2) is 21.8 Å². The van der Waals surface area contributed by atoms with Crippen molar-refractivity contribution < 1.29 is 27.2 Å². The van der Waals surface area contributed by atoms with E-state index in [9.17, 15) is 14.0 Å². The molecule has 224 valence electrons. The number of hydrogen-bond acceptors (Lipinski definition) is 5. The number of nitrogens with one attached hydrogen (secondary N) is 1. The van der Waals surface area contributed by atoms with Gasteiger partial charge in [0.25, 0.3) is 11.8 Å². The molecule has 45 heavy (non-hydrogen) atoms. The van der Waals surface area contributed by atoms with E-state index in [-0.39, 0.29) is 51.0 Å². The number of aromatic nitrogens is 2. The van der Waals surface area contributed by atoms with E-state index >= 15 is 8.78 Å². The number of pyridine rings is 2. The predicted octanol–water partition coefficient (Wildman–Crippen LogP) is 6.88. The van der Waals surface area contributed by atoms with Gasteiger partial charge in [0.2, 0.25) is 0 Å². The highest BCUT2D eigenvalue weighted by Gasteiger charge is 2.47. The van der Waals surface area contributed by atoms with E-state index in [0.29, 0.717) is 29.7 Å². The maximum Gasteiger partial charge on any atom is 0.253 e. The first-order valence-corrected chi connectivity index (χ1v) is 14.3. The van der Waals surface area contributed by atoms with Crippen LogP contribution in [0, 0.1) is 24.4 Å². The molecule has 3 N–H and O–H groups in total. The lowest BCUT2D eigenvalue weighted by atomic mass is 9.94. The number of carbonyl (C=O) groups excluding carboxylic acids is 2. The molecule has 3 aromatic carbocycles. The molecule has 0 bridgehead atoms. The summed E-state index contributed by atoms with van der Waals surface area (Å²) in [7, 11) is 0. The largest absolute Gasteiger partial charge is 0.460 e. The molecule has 1 saturated carbocycles. The van der Waals surface area contributed by atoms with Crippen LogP contribution in [0.2, 0.25) is 0 Å². The lowest BCUT2D eigenvalue weighted by Crippen LogP contribution is -2.35. The van der Waals surface area contributed by atoms with Crippen molar-refractivity contribution in [2.75, 3.05) is 0 Å². The van der Waals surface area contributed by atoms with Crippen molar-refractivity contribution in [3.8, 4) is 11.1 Å². The summed E-state index contributed by atoms with van der Waals surface area (Å²) in [5.41, 5.74) is 6.91. The highest BCUT2D eigenvalue weighted by molar-refractivity contribution is 6.08. The molecule has 7 nitrogen and oxygen atoms in total. The van der Waals surface area contributed by atoms with Gasteiger partial charge in [-0.1, -0.05) is 12.1 Å². The van der Waals surface area contributed by atoms with Crippen molar-refractivity contribution in [3.63, 3.8) is 0 Å². The fourth-order valence-electron chi connectivity index (χ4n) is 5.75. The van der Waals surface area contributed by atoms with Crippen LogP contribution in [0.5, 0.6) is 0 Å². The zero-order valence-corrected chi connectivity index (χ0v) is 24.0. The lowest BCUT2D eigenvalue weighted by Gasteiger charge is -2.18. The molecule has 6 aromatic rings. The van der Waals surface area contributed by atoms with Gasteiger partial charge in [0, 0.05) is 29.1 Å². The first kappa shape index (κ1) is 28.3. The average molecular weight is 607 g/mol. The number of fused-ring (bicyclic) bond motifs is 2. The monoisotopic (exact) mass is 606 g/mol. The van der Waals surface area contributed by atoms with Crippen LogP contribution >= 0.6 is 0 Å². The minimum atomic E-state index is -0.912. The maximum atomic E-state index is 16.3. The Morgan fingerprint density at radius 3 is 2.49 bits per heavy atom. The Hall–Kier alpha value is -5.51. The molecule has 1 fully saturated rings. The standard InChI is InChI=1S/C35H25F3N4O3/c1-18-24(23-9-10-26-29(31(23)38)30(32(39)43)27(45-26)15-19-4-7-22(36)8-5-19)16-21(17-25(18)37)34(44)42-35(12-13-35)28-11-6-20-3-2-14-40-33(20)41-28/h2-11,14,16-17H,12-13,15H2,1H3,(H2,39,43)(H,42,44). The van der Waals surface area contributed by atoms with Crippen LogP contribution in [0.15, 0.2) is 83.4 Å². The van der Waals surface area contributed by atoms with Crippen LogP contribution in [0.4, 0.5) is 13.2 Å². The molecule has 10 heteroatoms. The number of primary amides is 1. The number of nitrogens with zero attached hydrogens (tertiary/aromatic N) is 2. The second kappa shape index (κ2) is 10.6. The molecule has 0 spiro atoms. The Morgan fingerprint density at radius 2 is 1.76 bits per heavy atom. The van der Waals surface area contributed by atoms with Crippen LogP contribution in [0.1, 0.15) is 56.1 Å². The average Bonchev–Trinajstić information content (AvgIpc) is 3.71. The fourth-order valence-corrected chi connectivity index (χ4v) is 5.75. The molecule has 0 aliphatic heterocycles. The smallest absolute Gasteiger partial charge is 0.253 e. The van der Waals surface area contributed by atoms with Crippen molar-refractivity contribution in [2.24, 2.45) is 5.73 Å². The molecule has 1 aliphatic carbocycles. The van der Waals surface area contributed by atoms with E-state index < -0.39 is 34.8 Å². The van der Waals surface area contributed by atoms with Crippen LogP contribution in [0.3, 0.4) is 0 Å². The molecule has 0 atom stereocenters. The first-order valence-electron chi connectivity index (χ1n) is 14.3. The van der Waals surface area contributed by atoms with E-state index in [0.717, 1.165) is 11.5 Å². The van der Waals surface area contributed by atoms with Crippen molar-refractivity contribution in [1.29, 1.82) is 0 Å². The second-order valence-electron chi connectivity index (χ2n) is 11.3. The zero-order valence-electron chi connectivity index (χ0n) is 24.0. The molecular weight excluding hydrogens is 581 g/mol. The van der Waals surface area contributed by atoms with E-state index in [2.05, 4.69) is 15.3 Å². The predicted molar refractivity (Wildman–Crippen MR) is 162 cm³/mol. The summed E-state index contributed by atoms with van der Waals surface area (Å²) in [5, 5.41) is 3.71. The summed E-state index contributed by atoms with van der Waals surface area (Å²) in [6, 6.07) is 18.4. The number of benzene rings is 3. The first-order chi connectivity index (χ1) is 21.6. The fraction of sp³-hybridized carbons (Fsp3) is 0.143. The number of rotatable bonds is 7. The Kier molecular flexibility index (Phi) is 6.65. The zero-order chi connectivity index (χ0) is 31.5. The van der Waals surface area contributed by atoms with Crippen molar-refractivity contribution in [3.05, 3.63) is 130 Å². The van der Waals surface area contributed by atoms with E-state index in [1.165, 1.54) is 49.4 Å². The van der Waals surface area contributed by atoms with Gasteiger partial charge in [-0.2, -0.15) is 0 Å². The Balaban J connectivity index is 1.25. The Bertz CT molecular complexity index is 2170. The third kappa shape index (κ3) is 4.98. The van der Waals surface area contributed by atoms with Gasteiger partial charge >= 0.3 is 0 Å². The summed E-state index contributed by atoms with van der Waals surface area (Å²) in [6.07, 6.45) is 3.00. The summed E-state index contributed by atoms with van der Waals surface area (Å²) in [6.45, 7) is 1.48. The maximum absolute atomic E-state index is 16.3. The molecule has 2 amide bonds. The summed E-state index contributed by atoms with van der Waals surface area (Å²) in [5.74, 6) is -3.31. The van der Waals surface area contributed by atoms with E-state index in [1.807, 2.05) is 24.3 Å². The highest BCUT2D eigenvalue weighted by atomic mass is 19.1. The minimum Gasteiger partial charge on any atom is -0.460 e. The van der Waals surface area contributed by atoms with Gasteiger partial charge in [0.1, 0.15) is 28.8 Å². The van der Waals surface area contributed by atoms with Gasteiger partial charge in [-0.05, 0) is 97.1 Å². The summed E-state index contributed by atoms with van der Waals surface area (Å²) in [4.78, 5) is 35.0. The topological polar surface area (TPSA) is 111 Å². The molecular formula is C35H25F3N4O3. The van der Waals surface area contributed by atoms with Crippen molar-refractivity contribution >= 4 is 33.8 Å². The Morgan fingerprint density at radius 1 is 0.978 bits per heavy atom. The summed E-state index contributed by atoms with van der Waals surface area (Å²) < 4.78 is 50.9. The van der Waals surface area contributed by atoms with Gasteiger partial charge in [-0.3, -0.25) is 9.59 Å². The van der Waals surface area contributed by atoms with Crippen LogP contribution in [0.25, 0.3) is 33.1 Å². The number of nitrogens with two attached hydrogens (primary N) is 1. The van der Waals surface area contributed by atoms with E-state index in [4.69, 9.17) is 10.2 Å². The highest BCUT2D eigenvalue weighted by Crippen LogP contribution is 2.45. The molecule has 1 aliphatic rings. The van der Waals surface area contributed by atoms with Gasteiger partial charge in [-0.15, -0.1) is 0 Å². The summed E-state index contributed by atoms with van der Waals surface area (Å²) >= 11 is 0. The molecule has 0 unspecified atom stereocenters. The normalized spacial score (nSPS) is 13.7. The third-order valence-corrected chi connectivity index (χ3v) is 8.34. The molecule has 3 heterocycles. The van der Waals surface area contributed by atoms with Gasteiger partial charge in [0.05, 0.1) is 22.2 Å². The quantitative estimate of drug-likeness (QED) is 0.206. The van der Waals surface area contributed by atoms with Crippen LogP contribution in [-0.2, 0) is 12.0 Å². The molecule has 3 aromatic heterocycles. The number of amides is 2. The van der Waals surface area contributed by atoms with Gasteiger partial charge in [0.15, 0.2) is 5.65 Å². The van der Waals surface area contributed by atoms with E-state index in [1.54, 1.807) is 6.20 Å². The van der Waals surface area contributed by atoms with Crippen molar-refractivity contribution in [1.82, 2.24) is 15.3 Å². The van der Waals surface area contributed by atoms with Crippen molar-refractivity contribution in [2.45, 2.75) is 31.7 Å². The van der Waals surface area contributed by atoms with Gasteiger partial charge in [-0.25, -0.2) is 23.1 Å². The molecule has 0 radical (unpaired) electrons. The third-order valence-electron chi connectivity index (χ3n) is 8.34. The SMILES string of the molecule is Cc1c(F)cc(C(=O)NC2(c3ccc4cccnc4n3)CC2)cc1-c1ccc2oc(Cc3ccc(F)cc3)c(C(N)=O)c2c1F. The number of furan rings is 1.